The molecule has 1 heterocycles. The fraction of sp³-hybridized carbons (Fsp3) is 0.308. The molecule has 3 rings (SSSR count). The molecule has 19 heavy (non-hydrogen) atoms. The maximum Gasteiger partial charge on any atom is 0.322 e. The second-order valence-electron chi connectivity index (χ2n) is 4.49. The number of para-hydroxylation sites is 1. The highest BCUT2D eigenvalue weighted by Crippen LogP contribution is 2.39. The Morgan fingerprint density at radius 2 is 2.05 bits per heavy atom. The van der Waals surface area contributed by atoms with E-state index < -0.39 is 0 Å². The molecule has 0 unspecified atom stereocenters. The lowest BCUT2D eigenvalue weighted by atomic mass is 10.3. The highest BCUT2D eigenvalue weighted by atomic mass is 16.4. The molecule has 0 spiro atoms. The van der Waals surface area contributed by atoms with Crippen LogP contribution in [0.1, 0.15) is 24.7 Å². The standard InChI is InChI=1S/C13H14N4O2/c18-11(8-14-10-4-2-1-3-5-10)15-13-17-16-12(19-13)9-6-7-9/h1-5,9,14H,6-8H2,(H,15,17,18). The molecule has 0 radical (unpaired) electrons. The molecule has 2 N–H and O–H groups in total. The van der Waals surface area contributed by atoms with E-state index in [4.69, 9.17) is 4.42 Å². The maximum absolute atomic E-state index is 11.7. The summed E-state index contributed by atoms with van der Waals surface area (Å²) in [6, 6.07) is 9.68. The highest BCUT2D eigenvalue weighted by molar-refractivity contribution is 5.91. The van der Waals surface area contributed by atoms with E-state index in [1.807, 2.05) is 30.3 Å². The van der Waals surface area contributed by atoms with Crippen LogP contribution < -0.4 is 10.6 Å². The third-order valence-corrected chi connectivity index (χ3v) is 2.84. The van der Waals surface area contributed by atoms with Gasteiger partial charge in [-0.3, -0.25) is 10.1 Å². The molecule has 1 fully saturated rings. The number of carbonyl (C=O) groups is 1. The third kappa shape index (κ3) is 3.09. The SMILES string of the molecule is O=C(CNc1ccccc1)Nc1nnc(C2CC2)o1. The lowest BCUT2D eigenvalue weighted by Crippen LogP contribution is -2.21. The first-order chi connectivity index (χ1) is 9.31. The van der Waals surface area contributed by atoms with Crippen LogP contribution in [0.3, 0.4) is 0 Å². The first-order valence-corrected chi connectivity index (χ1v) is 6.23. The van der Waals surface area contributed by atoms with Gasteiger partial charge in [0, 0.05) is 11.6 Å². The average molecular weight is 258 g/mol. The van der Waals surface area contributed by atoms with E-state index in [-0.39, 0.29) is 18.5 Å². The van der Waals surface area contributed by atoms with E-state index in [0.717, 1.165) is 18.5 Å². The van der Waals surface area contributed by atoms with Gasteiger partial charge >= 0.3 is 6.01 Å². The van der Waals surface area contributed by atoms with Crippen LogP contribution in [0.2, 0.25) is 0 Å². The number of amides is 1. The zero-order valence-corrected chi connectivity index (χ0v) is 10.3. The molecule has 2 aromatic rings. The van der Waals surface area contributed by atoms with Gasteiger partial charge in [0.2, 0.25) is 11.8 Å². The molecular formula is C13H14N4O2. The number of nitrogens with one attached hydrogen (secondary N) is 2. The summed E-state index contributed by atoms with van der Waals surface area (Å²) >= 11 is 0. The number of benzene rings is 1. The molecule has 0 bridgehead atoms. The van der Waals surface area contributed by atoms with Crippen LogP contribution >= 0.6 is 0 Å². The summed E-state index contributed by atoms with van der Waals surface area (Å²) < 4.78 is 5.35. The summed E-state index contributed by atoms with van der Waals surface area (Å²) in [4.78, 5) is 11.7. The van der Waals surface area contributed by atoms with Crippen LogP contribution in [0.5, 0.6) is 0 Å². The second kappa shape index (κ2) is 5.09. The Labute approximate surface area is 110 Å². The summed E-state index contributed by atoms with van der Waals surface area (Å²) in [5, 5.41) is 13.3. The highest BCUT2D eigenvalue weighted by Gasteiger charge is 2.29. The van der Waals surface area contributed by atoms with Crippen LogP contribution in [-0.2, 0) is 4.79 Å². The van der Waals surface area contributed by atoms with Gasteiger partial charge in [0.05, 0.1) is 6.54 Å². The minimum atomic E-state index is -0.213. The minimum Gasteiger partial charge on any atom is -0.408 e. The largest absolute Gasteiger partial charge is 0.408 e. The molecule has 1 aromatic carbocycles. The van der Waals surface area contributed by atoms with E-state index in [1.165, 1.54) is 0 Å². The molecule has 1 aliphatic carbocycles. The number of aromatic nitrogens is 2. The first kappa shape index (κ1) is 11.7. The van der Waals surface area contributed by atoms with Gasteiger partial charge in [-0.2, -0.15) is 0 Å². The smallest absolute Gasteiger partial charge is 0.322 e. The van der Waals surface area contributed by atoms with Crippen molar-refractivity contribution in [3.05, 3.63) is 36.2 Å². The van der Waals surface area contributed by atoms with E-state index in [9.17, 15) is 4.79 Å². The predicted octanol–water partition coefficient (Wildman–Crippen LogP) is 2.00. The van der Waals surface area contributed by atoms with Crippen molar-refractivity contribution < 1.29 is 9.21 Å². The van der Waals surface area contributed by atoms with Crippen molar-refractivity contribution in [2.24, 2.45) is 0 Å². The van der Waals surface area contributed by atoms with Crippen molar-refractivity contribution in [1.29, 1.82) is 0 Å². The van der Waals surface area contributed by atoms with E-state index in [2.05, 4.69) is 20.8 Å². The molecule has 0 aliphatic heterocycles. The van der Waals surface area contributed by atoms with Crippen molar-refractivity contribution in [2.75, 3.05) is 17.2 Å². The van der Waals surface area contributed by atoms with Gasteiger partial charge in [0.15, 0.2) is 0 Å². The normalized spacial score (nSPS) is 14.1. The fourth-order valence-corrected chi connectivity index (χ4v) is 1.68. The summed E-state index contributed by atoms with van der Waals surface area (Å²) in [6.07, 6.45) is 2.18. The maximum atomic E-state index is 11.7. The topological polar surface area (TPSA) is 80.0 Å². The van der Waals surface area contributed by atoms with Crippen LogP contribution in [0.4, 0.5) is 11.7 Å². The van der Waals surface area contributed by atoms with Crippen LogP contribution in [-0.4, -0.2) is 22.6 Å². The van der Waals surface area contributed by atoms with Gasteiger partial charge in [0.25, 0.3) is 0 Å². The molecule has 1 aromatic heterocycles. The van der Waals surface area contributed by atoms with Gasteiger partial charge in [-0.25, -0.2) is 0 Å². The first-order valence-electron chi connectivity index (χ1n) is 6.23. The van der Waals surface area contributed by atoms with Gasteiger partial charge in [0.1, 0.15) is 0 Å². The Morgan fingerprint density at radius 3 is 2.79 bits per heavy atom. The Morgan fingerprint density at radius 1 is 1.26 bits per heavy atom. The molecule has 1 aliphatic rings. The van der Waals surface area contributed by atoms with Gasteiger partial charge in [-0.1, -0.05) is 23.3 Å². The lowest BCUT2D eigenvalue weighted by molar-refractivity contribution is -0.114. The zero-order valence-electron chi connectivity index (χ0n) is 10.3. The molecule has 1 amide bonds. The average Bonchev–Trinajstić information content (AvgIpc) is 3.19. The Balaban J connectivity index is 1.50. The minimum absolute atomic E-state index is 0.158. The van der Waals surface area contributed by atoms with Crippen molar-refractivity contribution in [3.63, 3.8) is 0 Å². The van der Waals surface area contributed by atoms with Gasteiger partial charge in [-0.05, 0) is 25.0 Å². The van der Waals surface area contributed by atoms with E-state index in [1.54, 1.807) is 0 Å². The van der Waals surface area contributed by atoms with Crippen molar-refractivity contribution in [1.82, 2.24) is 10.2 Å². The monoisotopic (exact) mass is 258 g/mol. The van der Waals surface area contributed by atoms with Crippen LogP contribution in [0, 0.1) is 0 Å². The second-order valence-corrected chi connectivity index (χ2v) is 4.49. The van der Waals surface area contributed by atoms with Crippen LogP contribution in [0.15, 0.2) is 34.7 Å². The number of hydrogen-bond donors (Lipinski definition) is 2. The van der Waals surface area contributed by atoms with Crippen molar-refractivity contribution >= 4 is 17.6 Å². The van der Waals surface area contributed by atoms with Gasteiger partial charge < -0.3 is 9.73 Å². The molecule has 0 saturated heterocycles. The fourth-order valence-electron chi connectivity index (χ4n) is 1.68. The molecule has 6 nitrogen and oxygen atoms in total. The number of rotatable bonds is 5. The third-order valence-electron chi connectivity index (χ3n) is 2.84. The van der Waals surface area contributed by atoms with E-state index in [0.29, 0.717) is 11.8 Å². The van der Waals surface area contributed by atoms with Crippen LogP contribution in [0.25, 0.3) is 0 Å². The number of nitrogens with zero attached hydrogens (tertiary/aromatic N) is 2. The summed E-state index contributed by atoms with van der Waals surface area (Å²) in [6.45, 7) is 0.158. The molecule has 6 heteroatoms. The van der Waals surface area contributed by atoms with E-state index >= 15 is 0 Å². The Kier molecular flexibility index (Phi) is 3.14. The number of hydrogen-bond acceptors (Lipinski definition) is 5. The van der Waals surface area contributed by atoms with Crippen molar-refractivity contribution in [3.8, 4) is 0 Å². The predicted molar refractivity (Wildman–Crippen MR) is 69.8 cm³/mol. The summed E-state index contributed by atoms with van der Waals surface area (Å²) in [5.41, 5.74) is 0.891. The number of carbonyl (C=O) groups excluding carboxylic acids is 1. The lowest BCUT2D eigenvalue weighted by Gasteiger charge is -2.04. The van der Waals surface area contributed by atoms with Crippen molar-refractivity contribution in [2.45, 2.75) is 18.8 Å². The molecule has 0 atom stereocenters. The summed E-state index contributed by atoms with van der Waals surface area (Å²) in [7, 11) is 0. The number of anilines is 2. The Hall–Kier alpha value is -2.37. The van der Waals surface area contributed by atoms with Gasteiger partial charge in [-0.15, -0.1) is 5.10 Å². The summed E-state index contributed by atoms with van der Waals surface area (Å²) in [5.74, 6) is 0.793. The zero-order chi connectivity index (χ0) is 13.1. The molecule has 98 valence electrons. The quantitative estimate of drug-likeness (QED) is 0.857. The molecular weight excluding hydrogens is 244 g/mol. The Bertz CT molecular complexity index is 563. The molecule has 1 saturated carbocycles.